The summed E-state index contributed by atoms with van der Waals surface area (Å²) < 4.78 is 780. The molecule has 0 aromatic heterocycles. The molecule has 12 aromatic rings. The highest BCUT2D eigenvalue weighted by molar-refractivity contribution is 5.52. The van der Waals surface area contributed by atoms with Gasteiger partial charge in [0.15, 0.2) is 69.0 Å². The third-order valence-electron chi connectivity index (χ3n) is 20.7. The fourth-order valence-electron chi connectivity index (χ4n) is 13.6. The third-order valence-corrected chi connectivity index (χ3v) is 20.7. The van der Waals surface area contributed by atoms with Crippen LogP contribution in [0.15, 0.2) is 254 Å². The van der Waals surface area contributed by atoms with Crippen LogP contribution >= 0.6 is 0 Å². The second kappa shape index (κ2) is 49.1. The molecule has 30 heteroatoms. The van der Waals surface area contributed by atoms with Crippen molar-refractivity contribution in [1.82, 2.24) is 31.9 Å². The molecule has 24 nitrogen and oxygen atoms in total. The van der Waals surface area contributed by atoms with E-state index in [0.29, 0.717) is 0 Å². The summed E-state index contributed by atoms with van der Waals surface area (Å²) in [5, 5.41) is 12.1. The van der Waals surface area contributed by atoms with Crippen LogP contribution in [0.5, 0.6) is 103 Å². The van der Waals surface area contributed by atoms with E-state index in [1.54, 1.807) is 0 Å². The smallest absolute Gasteiger partial charge is 0.231 e. The Balaban J connectivity index is 0.000000153. The molecule has 0 spiro atoms. The van der Waals surface area contributed by atoms with Crippen LogP contribution in [0.4, 0.5) is 26.3 Å². The second-order valence-corrected chi connectivity index (χ2v) is 29.9. The quantitative estimate of drug-likeness (QED) is 0.0308. The number of fused-ring (bicyclic) bond motifs is 6. The Kier molecular flexibility index (Phi) is 15.1. The highest BCUT2D eigenvalue weighted by atomic mass is 19.1. The Morgan fingerprint density at radius 1 is 0.243 bits per heavy atom. The van der Waals surface area contributed by atoms with E-state index in [1.165, 1.54) is 66.7 Å². The van der Waals surface area contributed by atoms with Crippen molar-refractivity contribution >= 4 is 0 Å². The molecule has 24 rings (SSSR count). The fourth-order valence-corrected chi connectivity index (χ4v) is 13.6. The van der Waals surface area contributed by atoms with Gasteiger partial charge in [-0.25, -0.2) is 26.3 Å². The van der Waals surface area contributed by atoms with E-state index >= 15 is 0 Å². The molecule has 12 heterocycles. The van der Waals surface area contributed by atoms with E-state index in [-0.39, 0.29) is 97.7 Å². The van der Waals surface area contributed by atoms with Gasteiger partial charge >= 0.3 is 0 Å². The van der Waals surface area contributed by atoms with Crippen molar-refractivity contribution in [2.75, 3.05) is 158 Å². The summed E-state index contributed by atoms with van der Waals surface area (Å²) in [7, 11) is 0. The minimum Gasteiger partial charge on any atom is -0.493 e. The fraction of sp³-hybridized carbons (Fsp3) is 0.368. The first kappa shape index (κ1) is 44.1. The van der Waals surface area contributed by atoms with Crippen LogP contribution < -0.4 is 117 Å². The van der Waals surface area contributed by atoms with Crippen molar-refractivity contribution in [3.05, 3.63) is 322 Å². The Bertz CT molecular complexity index is 10100. The average molecular weight is 2050 g/mol. The number of benzene rings is 12. The maximum Gasteiger partial charge on any atom is 0.231 e. The zero-order valence-electron chi connectivity index (χ0n) is 147. The first-order valence-corrected chi connectivity index (χ1v) is 42.3. The molecular formula is C114H120F6N6O18. The van der Waals surface area contributed by atoms with Crippen molar-refractivity contribution < 1.29 is 213 Å². The zero-order valence-corrected chi connectivity index (χ0v) is 73.1. The normalized spacial score (nSPS) is 39.6. The van der Waals surface area contributed by atoms with E-state index in [9.17, 15) is 26.3 Å². The number of halogens is 6. The molecule has 12 aliphatic rings. The van der Waals surface area contributed by atoms with Crippen LogP contribution in [0.25, 0.3) is 0 Å². The van der Waals surface area contributed by atoms with E-state index in [2.05, 4.69) is 16.0 Å². The molecule has 6 saturated heterocycles. The molecule has 6 unspecified atom stereocenters. The minimum atomic E-state index is -3.59. The van der Waals surface area contributed by atoms with Gasteiger partial charge in [0.1, 0.15) is 85.8 Å². The molecule has 0 bridgehead atoms. The summed E-state index contributed by atoms with van der Waals surface area (Å²) in [6.07, 6.45) is -5.27. The van der Waals surface area contributed by atoms with Crippen LogP contribution in [-0.2, 0) is 0 Å². The van der Waals surface area contributed by atoms with Crippen molar-refractivity contribution in [3.63, 3.8) is 0 Å². The molecule has 12 aromatic carbocycles. The molecule has 6 fully saturated rings. The average Bonchev–Trinajstić information content (AvgIpc) is 0.799. The maximum absolute atomic E-state index is 14.3. The molecule has 144 heavy (non-hydrogen) atoms. The number of hydrogen-bond acceptors (Lipinski definition) is 24. The van der Waals surface area contributed by atoms with Crippen molar-refractivity contribution in [2.45, 2.75) is 74.0 Å². The van der Waals surface area contributed by atoms with Gasteiger partial charge in [-0.05, 0) is 292 Å². The van der Waals surface area contributed by atoms with Gasteiger partial charge in [0.25, 0.3) is 0 Å². The lowest BCUT2D eigenvalue weighted by atomic mass is 9.81. The Morgan fingerprint density at radius 3 is 0.826 bits per heavy atom. The Hall–Kier alpha value is -13.6. The summed E-state index contributed by atoms with van der Waals surface area (Å²) in [6, 6.07) is -3.56. The van der Waals surface area contributed by atoms with Crippen LogP contribution in [0.2, 0.25) is 0 Å². The third kappa shape index (κ3) is 26.5. The molecule has 0 saturated carbocycles. The van der Waals surface area contributed by atoms with Crippen LogP contribution in [-0.4, -0.2) is 158 Å². The first-order valence-electron chi connectivity index (χ1n) is 79.3. The van der Waals surface area contributed by atoms with E-state index in [1.807, 2.05) is 16.0 Å². The minimum absolute atomic E-state index is 0.0172. The van der Waals surface area contributed by atoms with Gasteiger partial charge < -0.3 is 117 Å². The second-order valence-electron chi connectivity index (χ2n) is 29.9. The van der Waals surface area contributed by atoms with Gasteiger partial charge in [-0.15, -0.1) is 0 Å². The summed E-state index contributed by atoms with van der Waals surface area (Å²) in [5.74, 6) is -39.4. The number of nitrogens with one attached hydrogen (secondary N) is 6. The van der Waals surface area contributed by atoms with Gasteiger partial charge in [-0.2, -0.15) is 0 Å². The Labute approximate surface area is 938 Å². The lowest BCUT2D eigenvalue weighted by molar-refractivity contribution is 0.173. The topological polar surface area (TPSA) is 238 Å². The number of rotatable bonds is 24. The van der Waals surface area contributed by atoms with Gasteiger partial charge in [-0.3, -0.25) is 0 Å². The zero-order chi connectivity index (χ0) is 164. The molecule has 0 radical (unpaired) electrons. The highest BCUT2D eigenvalue weighted by Crippen LogP contribution is 2.45. The molecule has 0 aliphatic carbocycles. The summed E-state index contributed by atoms with van der Waals surface area (Å²) in [4.78, 5) is 0. The lowest BCUT2D eigenvalue weighted by Crippen LogP contribution is -2.38. The Morgan fingerprint density at radius 2 is 0.479 bits per heavy atom. The molecule has 6 N–H and O–H groups in total. The number of hydrogen-bond donors (Lipinski definition) is 6. The molecule has 756 valence electrons. The first-order chi connectivity index (χ1) is 98.8. The van der Waals surface area contributed by atoms with E-state index in [4.69, 9.17) is 187 Å². The monoisotopic (exact) mass is 2050 g/mol. The summed E-state index contributed by atoms with van der Waals surface area (Å²) in [5.41, 5.74) is -4.41. The van der Waals surface area contributed by atoms with Crippen LogP contribution in [0, 0.1) is 70.3 Å². The maximum atomic E-state index is 14.3. The molecular weight excluding hydrogens is 1860 g/mol. The van der Waals surface area contributed by atoms with Gasteiger partial charge in [0.05, 0.1) is 83.3 Å². The predicted octanol–water partition coefficient (Wildman–Crippen LogP) is 20.0. The molecule has 12 aliphatic heterocycles. The summed E-state index contributed by atoms with van der Waals surface area (Å²) in [6.45, 7) is -62.7. The molecule has 12 atom stereocenters. The van der Waals surface area contributed by atoms with Crippen molar-refractivity contribution in [3.8, 4) is 103 Å². The van der Waals surface area contributed by atoms with Crippen LogP contribution in [0.3, 0.4) is 0 Å². The number of piperidine rings is 6. The van der Waals surface area contributed by atoms with Crippen LogP contribution in [0.1, 0.15) is 209 Å². The van der Waals surface area contributed by atoms with Gasteiger partial charge in [-0.1, -0.05) is 72.5 Å². The SMILES string of the molecule is [2H]c1c([2H])c([C@@H]2CC([2H])([2H])NC([2H])([2H])C2([2H])C([2H])([2H])Oc2ccc3c(c2)OC([2H])([2H])O3)c([2H])c([2H])c1F.[2H]c1c([2H])c([C@@H]2CC([2H])([2H])NC([2H])([2H])C2C([2H])([2H])Oc2ccc3c(c2)OC([2H])([2H])O3)c([2H])c([2H])c1F.[2H]c1c([2H])c([C@@H]2CC([2H])([2H])NC([2H])([2H])C2C([2H])([2H])Oc2ccc3c(c2)OC([2H])([2H])O3)c([2H])c([2H])c1F.[2H]c1c([2H])c([C@]2([2H])CC([2H])([2H])NC([2H])([2H])C2([2H])C([2H])([2H])Oc2ccc3c(c2)OC([2H])([2H])O3)c([2H])c([2H])c1F.[2H]c1c([2H])c([C@]2([2H])CC([2H])([2H])NC([2H])([2H])C2([2H])COc2ccc3c(c2)OC([2H])([2H])O3)c([2H])c([2H])c1F.[2H]c1c([2H])c([C@]2([2H])CC([2H])([2H])NC([2H])([2H])C2COc2ccc3c(c2)OC([2H])([2H])O3)c([2H])c([2H])c1F. The van der Waals surface area contributed by atoms with Gasteiger partial charge in [0.2, 0.25) is 40.5 Å². The predicted molar refractivity (Wildman–Crippen MR) is 529 cm³/mol. The van der Waals surface area contributed by atoms with E-state index < -0.39 is 486 Å². The highest BCUT2D eigenvalue weighted by Gasteiger charge is 2.35. The largest absolute Gasteiger partial charge is 0.493 e. The molecule has 0 amide bonds. The van der Waals surface area contributed by atoms with Crippen molar-refractivity contribution in [2.24, 2.45) is 35.4 Å². The standard InChI is InChI=1S/6C19H20FNO3/c6*20-15-3-1-13(2-4-15)17-7-8-21-10-14(17)11-22-16-5-6-18-19(9-16)24-12-23-18/h6*1-6,9,14,17,21H,7-8,10-12H2/t6*14?,17-/m000000/s1/i1D,2D,3D,4D,8D2,10D2,11D2,12D2,14D,17D;1D,2D,3D,4D,8D2,10D2,12D2,14D,17D;1D,2D,3D,4D,8D2,10D2,11D2,12D2,14D;1D,2D,3D,4D,8D2,10D2,12D2,17D;2*1D,2D,3D,4D,8D2,10D2,11D2,12D2. The van der Waals surface area contributed by atoms with Crippen molar-refractivity contribution in [1.29, 1.82) is 0 Å². The summed E-state index contributed by atoms with van der Waals surface area (Å²) >= 11 is 0. The van der Waals surface area contributed by atoms with E-state index in [0.717, 1.165) is 42.5 Å². The number of ether oxygens (including phenoxy) is 18. The lowest BCUT2D eigenvalue weighted by Gasteiger charge is -2.32. The van der Waals surface area contributed by atoms with Gasteiger partial charge in [0, 0.05) is 152 Å².